The largest absolute Gasteiger partial charge is 0.478 e. The van der Waals surface area contributed by atoms with Crippen LogP contribution in [0.5, 0.6) is 0 Å². The molecule has 0 aromatic heterocycles. The van der Waals surface area contributed by atoms with Crippen LogP contribution in [0.2, 0.25) is 0 Å². The van der Waals surface area contributed by atoms with E-state index >= 15 is 0 Å². The van der Waals surface area contributed by atoms with Crippen molar-refractivity contribution in [2.45, 2.75) is 38.8 Å². The van der Waals surface area contributed by atoms with E-state index < -0.39 is 5.97 Å². The van der Waals surface area contributed by atoms with Gasteiger partial charge < -0.3 is 14.7 Å². The van der Waals surface area contributed by atoms with Crippen molar-refractivity contribution in [2.75, 3.05) is 14.2 Å². The third kappa shape index (κ3) is 2.39. The van der Waals surface area contributed by atoms with Gasteiger partial charge in [0.15, 0.2) is 0 Å². The first-order valence-corrected chi connectivity index (χ1v) is 7.30. The molecular weight excluding hydrogens is 282 g/mol. The number of rotatable bonds is 4. The third-order valence-electron chi connectivity index (χ3n) is 5.37. The van der Waals surface area contributed by atoms with E-state index in [1.165, 1.54) is 12.1 Å². The highest BCUT2D eigenvalue weighted by atomic mass is 16.5. The maximum atomic E-state index is 12.6. The number of carboxylic acids is 1. The van der Waals surface area contributed by atoms with Crippen molar-refractivity contribution in [2.24, 2.45) is 5.41 Å². The molecule has 22 heavy (non-hydrogen) atoms. The molecule has 0 heterocycles. The molecule has 120 valence electrons. The number of benzene rings is 1. The van der Waals surface area contributed by atoms with Gasteiger partial charge >= 0.3 is 5.97 Å². The SMILES string of the molecule is COC1(C)CC(N(C)C(=O)c2cccc(C(=O)O)c2)C1(C)C. The Bertz CT molecular complexity index is 610. The van der Waals surface area contributed by atoms with Gasteiger partial charge in [-0.05, 0) is 31.5 Å². The van der Waals surface area contributed by atoms with Gasteiger partial charge in [0, 0.05) is 31.2 Å². The number of carbonyl (C=O) groups excluding carboxylic acids is 1. The number of nitrogens with zero attached hydrogens (tertiary/aromatic N) is 1. The molecule has 0 spiro atoms. The van der Waals surface area contributed by atoms with Gasteiger partial charge in [0.25, 0.3) is 5.91 Å². The monoisotopic (exact) mass is 305 g/mol. The highest BCUT2D eigenvalue weighted by molar-refractivity contribution is 5.97. The molecule has 1 N–H and O–H groups in total. The molecule has 1 saturated carbocycles. The summed E-state index contributed by atoms with van der Waals surface area (Å²) in [5, 5.41) is 9.04. The van der Waals surface area contributed by atoms with Gasteiger partial charge in [-0.3, -0.25) is 4.79 Å². The van der Waals surface area contributed by atoms with E-state index in [2.05, 4.69) is 13.8 Å². The van der Waals surface area contributed by atoms with E-state index in [1.54, 1.807) is 31.2 Å². The highest BCUT2D eigenvalue weighted by Gasteiger charge is 2.59. The molecule has 2 unspecified atom stereocenters. The van der Waals surface area contributed by atoms with Gasteiger partial charge in [0.1, 0.15) is 0 Å². The fourth-order valence-electron chi connectivity index (χ4n) is 3.21. The number of ether oxygens (including phenoxy) is 1. The van der Waals surface area contributed by atoms with Crippen LogP contribution in [0.1, 0.15) is 47.9 Å². The number of carboxylic acid groups (broad SMARTS) is 1. The first kappa shape index (κ1) is 16.5. The first-order valence-electron chi connectivity index (χ1n) is 7.30. The average Bonchev–Trinajstić information content (AvgIpc) is 2.50. The minimum atomic E-state index is -1.03. The molecule has 0 radical (unpaired) electrons. The van der Waals surface area contributed by atoms with Crippen molar-refractivity contribution < 1.29 is 19.4 Å². The molecule has 1 aromatic carbocycles. The molecule has 5 nitrogen and oxygen atoms in total. The third-order valence-corrected chi connectivity index (χ3v) is 5.37. The summed E-state index contributed by atoms with van der Waals surface area (Å²) >= 11 is 0. The second kappa shape index (κ2) is 5.39. The maximum Gasteiger partial charge on any atom is 0.335 e. The average molecular weight is 305 g/mol. The number of amides is 1. The van der Waals surface area contributed by atoms with Gasteiger partial charge in [0.05, 0.1) is 11.2 Å². The van der Waals surface area contributed by atoms with E-state index in [0.29, 0.717) is 5.56 Å². The standard InChI is InChI=1S/C17H23NO4/c1-16(2)13(10-17(16,3)22-5)18(4)14(19)11-7-6-8-12(9-11)15(20)21/h6-9,13H,10H2,1-5H3,(H,20,21). The van der Waals surface area contributed by atoms with Crippen LogP contribution in [0, 0.1) is 5.41 Å². The predicted octanol–water partition coefficient (Wildman–Crippen LogP) is 2.66. The van der Waals surface area contributed by atoms with E-state index in [-0.39, 0.29) is 28.5 Å². The van der Waals surface area contributed by atoms with Crippen LogP contribution < -0.4 is 0 Å². The summed E-state index contributed by atoms with van der Waals surface area (Å²) in [7, 11) is 3.45. The minimum Gasteiger partial charge on any atom is -0.478 e. The van der Waals surface area contributed by atoms with Crippen LogP contribution in [0.15, 0.2) is 24.3 Å². The van der Waals surface area contributed by atoms with Crippen LogP contribution in [0.3, 0.4) is 0 Å². The molecule has 2 rings (SSSR count). The highest BCUT2D eigenvalue weighted by Crippen LogP contribution is 2.53. The molecular formula is C17H23NO4. The minimum absolute atomic E-state index is 0.0541. The van der Waals surface area contributed by atoms with Crippen LogP contribution in [-0.2, 0) is 4.74 Å². The Balaban J connectivity index is 2.21. The zero-order valence-electron chi connectivity index (χ0n) is 13.7. The molecule has 0 aliphatic heterocycles. The lowest BCUT2D eigenvalue weighted by Crippen LogP contribution is -2.68. The van der Waals surface area contributed by atoms with Gasteiger partial charge in [-0.25, -0.2) is 4.79 Å². The molecule has 2 atom stereocenters. The number of carbonyl (C=O) groups is 2. The zero-order chi connectivity index (χ0) is 16.7. The lowest BCUT2D eigenvalue weighted by molar-refractivity contribution is -0.198. The summed E-state index contributed by atoms with van der Waals surface area (Å²) in [6, 6.07) is 6.19. The summed E-state index contributed by atoms with van der Waals surface area (Å²) in [6.45, 7) is 6.22. The van der Waals surface area contributed by atoms with Crippen molar-refractivity contribution in [3.8, 4) is 0 Å². The van der Waals surface area contributed by atoms with Crippen molar-refractivity contribution in [3.05, 3.63) is 35.4 Å². The Hall–Kier alpha value is -1.88. The normalized spacial score (nSPS) is 26.1. The van der Waals surface area contributed by atoms with E-state index in [0.717, 1.165) is 6.42 Å². The van der Waals surface area contributed by atoms with Gasteiger partial charge in [0.2, 0.25) is 0 Å². The fraction of sp³-hybridized carbons (Fsp3) is 0.529. The molecule has 1 aliphatic carbocycles. The predicted molar refractivity (Wildman–Crippen MR) is 83.1 cm³/mol. The molecule has 1 aromatic rings. The topological polar surface area (TPSA) is 66.8 Å². The second-order valence-corrected chi connectivity index (χ2v) is 6.68. The van der Waals surface area contributed by atoms with Crippen LogP contribution in [-0.4, -0.2) is 47.7 Å². The van der Waals surface area contributed by atoms with Crippen molar-refractivity contribution >= 4 is 11.9 Å². The zero-order valence-corrected chi connectivity index (χ0v) is 13.7. The summed E-state index contributed by atoms with van der Waals surface area (Å²) < 4.78 is 5.59. The Morgan fingerprint density at radius 3 is 2.36 bits per heavy atom. The number of methoxy groups -OCH3 is 1. The summed E-state index contributed by atoms with van der Waals surface area (Å²) in [4.78, 5) is 25.4. The molecule has 0 bridgehead atoms. The maximum absolute atomic E-state index is 12.6. The molecule has 1 fully saturated rings. The molecule has 0 saturated heterocycles. The lowest BCUT2D eigenvalue weighted by atomic mass is 9.55. The Labute approximate surface area is 130 Å². The number of aromatic carboxylic acids is 1. The summed E-state index contributed by atoms with van der Waals surface area (Å²) in [5.74, 6) is -1.20. The fourth-order valence-corrected chi connectivity index (χ4v) is 3.21. The summed E-state index contributed by atoms with van der Waals surface area (Å²) in [6.07, 6.45) is 0.761. The molecule has 5 heteroatoms. The van der Waals surface area contributed by atoms with Crippen LogP contribution in [0.25, 0.3) is 0 Å². The Morgan fingerprint density at radius 1 is 1.27 bits per heavy atom. The number of hydrogen-bond donors (Lipinski definition) is 1. The van der Waals surface area contributed by atoms with Crippen molar-refractivity contribution in [1.29, 1.82) is 0 Å². The lowest BCUT2D eigenvalue weighted by Gasteiger charge is -2.61. The Morgan fingerprint density at radius 2 is 1.86 bits per heavy atom. The smallest absolute Gasteiger partial charge is 0.335 e. The summed E-state index contributed by atoms with van der Waals surface area (Å²) in [5.41, 5.74) is 0.0872. The van der Waals surface area contributed by atoms with Crippen molar-refractivity contribution in [3.63, 3.8) is 0 Å². The molecule has 1 aliphatic rings. The number of hydrogen-bond acceptors (Lipinski definition) is 3. The van der Waals surface area contributed by atoms with Gasteiger partial charge in [-0.2, -0.15) is 0 Å². The van der Waals surface area contributed by atoms with E-state index in [4.69, 9.17) is 9.84 Å². The van der Waals surface area contributed by atoms with E-state index in [1.807, 2.05) is 6.92 Å². The van der Waals surface area contributed by atoms with E-state index in [9.17, 15) is 9.59 Å². The first-order chi connectivity index (χ1) is 10.1. The van der Waals surface area contributed by atoms with Crippen molar-refractivity contribution in [1.82, 2.24) is 4.90 Å². The van der Waals surface area contributed by atoms with Crippen LogP contribution in [0.4, 0.5) is 0 Å². The van der Waals surface area contributed by atoms with Gasteiger partial charge in [-0.1, -0.05) is 19.9 Å². The van der Waals surface area contributed by atoms with Crippen LogP contribution >= 0.6 is 0 Å². The molecule has 1 amide bonds. The second-order valence-electron chi connectivity index (χ2n) is 6.68. The van der Waals surface area contributed by atoms with Gasteiger partial charge in [-0.15, -0.1) is 0 Å². The quantitative estimate of drug-likeness (QED) is 0.928. The Kier molecular flexibility index (Phi) is 4.04.